The zero-order valence-electron chi connectivity index (χ0n) is 17.6. The fourth-order valence-electron chi connectivity index (χ4n) is 3.76. The molecule has 4 rings (SSSR count). The highest BCUT2D eigenvalue weighted by molar-refractivity contribution is 7.14. The first-order valence-electron chi connectivity index (χ1n) is 10.2. The molecule has 0 aliphatic heterocycles. The number of hydrogen-bond acceptors (Lipinski definition) is 6. The van der Waals surface area contributed by atoms with Gasteiger partial charge in [-0.2, -0.15) is 0 Å². The van der Waals surface area contributed by atoms with Crippen molar-refractivity contribution in [1.29, 1.82) is 0 Å². The molecule has 0 saturated heterocycles. The average molecular weight is 437 g/mol. The molecule has 3 aromatic rings. The summed E-state index contributed by atoms with van der Waals surface area (Å²) in [6.07, 6.45) is 3.57. The summed E-state index contributed by atoms with van der Waals surface area (Å²) in [5.41, 5.74) is 4.89. The Morgan fingerprint density at radius 2 is 1.81 bits per heavy atom. The van der Waals surface area contributed by atoms with Crippen molar-refractivity contribution in [1.82, 2.24) is 4.98 Å². The molecule has 31 heavy (non-hydrogen) atoms. The van der Waals surface area contributed by atoms with Crippen molar-refractivity contribution in [2.45, 2.75) is 32.1 Å². The lowest BCUT2D eigenvalue weighted by molar-refractivity contribution is -0.116. The van der Waals surface area contributed by atoms with Gasteiger partial charge in [-0.1, -0.05) is 12.1 Å². The largest absolute Gasteiger partial charge is 0.493 e. The minimum atomic E-state index is -0.220. The number of carbonyl (C=O) groups excluding carboxylic acids is 2. The number of benzene rings is 2. The third-order valence-corrected chi connectivity index (χ3v) is 6.19. The molecule has 1 amide bonds. The summed E-state index contributed by atoms with van der Waals surface area (Å²) < 4.78 is 10.6. The maximum absolute atomic E-state index is 12.5. The van der Waals surface area contributed by atoms with Crippen molar-refractivity contribution in [3.05, 3.63) is 58.5 Å². The van der Waals surface area contributed by atoms with Crippen molar-refractivity contribution >= 4 is 28.2 Å². The Balaban J connectivity index is 1.34. The molecule has 0 bridgehead atoms. The van der Waals surface area contributed by atoms with Gasteiger partial charge >= 0.3 is 0 Å². The van der Waals surface area contributed by atoms with Gasteiger partial charge in [0.25, 0.3) is 0 Å². The fourth-order valence-corrected chi connectivity index (χ4v) is 4.49. The number of methoxy groups -OCH3 is 2. The Hall–Kier alpha value is -3.19. The second-order valence-corrected chi connectivity index (χ2v) is 8.27. The zero-order valence-corrected chi connectivity index (χ0v) is 18.4. The summed E-state index contributed by atoms with van der Waals surface area (Å²) in [6.45, 7) is 0. The quantitative estimate of drug-likeness (QED) is 0.507. The molecule has 0 saturated carbocycles. The van der Waals surface area contributed by atoms with E-state index in [4.69, 9.17) is 9.47 Å². The average Bonchev–Trinajstić information content (AvgIpc) is 3.45. The third-order valence-electron chi connectivity index (χ3n) is 5.43. The number of Topliss-reactive ketones (excluding diaryl/α,β-unsaturated/α-hetero) is 1. The van der Waals surface area contributed by atoms with Crippen molar-refractivity contribution < 1.29 is 19.1 Å². The highest BCUT2D eigenvalue weighted by atomic mass is 32.1. The van der Waals surface area contributed by atoms with Crippen molar-refractivity contribution in [3.8, 4) is 22.8 Å². The Bertz CT molecular complexity index is 1120. The highest BCUT2D eigenvalue weighted by Crippen LogP contribution is 2.33. The smallest absolute Gasteiger partial charge is 0.226 e. The van der Waals surface area contributed by atoms with Gasteiger partial charge in [0.2, 0.25) is 5.91 Å². The molecule has 1 aromatic heterocycles. The molecule has 6 nitrogen and oxygen atoms in total. The van der Waals surface area contributed by atoms with Crippen molar-refractivity contribution in [2.24, 2.45) is 0 Å². The van der Waals surface area contributed by atoms with Gasteiger partial charge in [-0.15, -0.1) is 11.3 Å². The summed E-state index contributed by atoms with van der Waals surface area (Å²) in [6, 6.07) is 11.4. The number of thiazole rings is 1. The minimum Gasteiger partial charge on any atom is -0.493 e. The zero-order chi connectivity index (χ0) is 21.8. The molecule has 0 radical (unpaired) electrons. The molecule has 7 heteroatoms. The van der Waals surface area contributed by atoms with Crippen LogP contribution in [-0.2, 0) is 17.6 Å². The number of ether oxygens (including phenoxy) is 2. The Morgan fingerprint density at radius 1 is 1.00 bits per heavy atom. The van der Waals surface area contributed by atoms with Crippen LogP contribution in [0.3, 0.4) is 0 Å². The number of aryl methyl sites for hydroxylation is 2. The van der Waals surface area contributed by atoms with E-state index in [9.17, 15) is 9.59 Å². The van der Waals surface area contributed by atoms with Crippen LogP contribution >= 0.6 is 11.3 Å². The monoisotopic (exact) mass is 436 g/mol. The predicted octanol–water partition coefficient (Wildman–Crippen LogP) is 4.92. The van der Waals surface area contributed by atoms with E-state index in [0.717, 1.165) is 30.5 Å². The summed E-state index contributed by atoms with van der Waals surface area (Å²) in [4.78, 5) is 29.3. The van der Waals surface area contributed by atoms with E-state index in [1.54, 1.807) is 14.2 Å². The SMILES string of the molecule is COc1ccc(-c2csc(NC(=O)CCC(=O)c3ccc4c(c3)CCC4)n2)cc1OC. The standard InChI is InChI=1S/C24H24N2O4S/c1-29-21-10-8-17(13-22(21)30-2)19-14-31-24(25-19)26-23(28)11-9-20(27)18-7-6-15-4-3-5-16(15)12-18/h6-8,10,12-14H,3-5,9,11H2,1-2H3,(H,25,26,28). The minimum absolute atomic E-state index is 0.00462. The normalized spacial score (nSPS) is 12.3. The molecular weight excluding hydrogens is 412 g/mol. The van der Waals surface area contributed by atoms with Gasteiger partial charge in [-0.25, -0.2) is 4.98 Å². The van der Waals surface area contributed by atoms with Gasteiger partial charge in [-0.3, -0.25) is 9.59 Å². The maximum atomic E-state index is 12.5. The molecule has 1 aliphatic carbocycles. The molecule has 1 heterocycles. The Morgan fingerprint density at radius 3 is 2.61 bits per heavy atom. The molecular formula is C24H24N2O4S. The molecule has 1 aliphatic rings. The fraction of sp³-hybridized carbons (Fsp3) is 0.292. The summed E-state index contributed by atoms with van der Waals surface area (Å²) in [7, 11) is 3.17. The van der Waals surface area contributed by atoms with Crippen LogP contribution in [0, 0.1) is 0 Å². The first-order valence-corrected chi connectivity index (χ1v) is 11.1. The van der Waals surface area contributed by atoms with Gasteiger partial charge in [0.1, 0.15) is 0 Å². The summed E-state index contributed by atoms with van der Waals surface area (Å²) in [5.74, 6) is 1.03. The maximum Gasteiger partial charge on any atom is 0.226 e. The first kappa shape index (κ1) is 21.1. The number of hydrogen-bond donors (Lipinski definition) is 1. The van der Waals surface area contributed by atoms with E-state index in [1.165, 1.54) is 22.5 Å². The molecule has 2 aromatic carbocycles. The summed E-state index contributed by atoms with van der Waals surface area (Å²) >= 11 is 1.34. The number of ketones is 1. The van der Waals surface area contributed by atoms with Gasteiger partial charge < -0.3 is 14.8 Å². The van der Waals surface area contributed by atoms with Gasteiger partial charge in [-0.05, 0) is 54.7 Å². The summed E-state index contributed by atoms with van der Waals surface area (Å²) in [5, 5.41) is 5.16. The van der Waals surface area contributed by atoms with E-state index < -0.39 is 0 Å². The molecule has 0 fully saturated rings. The van der Waals surface area contributed by atoms with Gasteiger partial charge in [0.05, 0.1) is 19.9 Å². The molecule has 0 unspecified atom stereocenters. The van der Waals surface area contributed by atoms with Crippen LogP contribution in [0.2, 0.25) is 0 Å². The van der Waals surface area contributed by atoms with Crippen LogP contribution in [0.1, 0.15) is 40.7 Å². The van der Waals surface area contributed by atoms with E-state index >= 15 is 0 Å². The number of carbonyl (C=O) groups is 2. The first-order chi connectivity index (χ1) is 15.1. The number of amides is 1. The predicted molar refractivity (Wildman–Crippen MR) is 121 cm³/mol. The van der Waals surface area contributed by atoms with Crippen LogP contribution < -0.4 is 14.8 Å². The second kappa shape index (κ2) is 9.31. The Kier molecular flexibility index (Phi) is 6.32. The molecule has 160 valence electrons. The highest BCUT2D eigenvalue weighted by Gasteiger charge is 2.16. The van der Waals surface area contributed by atoms with Crippen molar-refractivity contribution in [2.75, 3.05) is 19.5 Å². The van der Waals surface area contributed by atoms with E-state index in [-0.39, 0.29) is 24.5 Å². The van der Waals surface area contributed by atoms with Crippen LogP contribution in [0.4, 0.5) is 5.13 Å². The van der Waals surface area contributed by atoms with E-state index in [0.29, 0.717) is 22.2 Å². The lowest BCUT2D eigenvalue weighted by Crippen LogP contribution is -2.13. The van der Waals surface area contributed by atoms with E-state index in [2.05, 4.69) is 10.3 Å². The van der Waals surface area contributed by atoms with Crippen LogP contribution in [0.25, 0.3) is 11.3 Å². The number of nitrogens with one attached hydrogen (secondary N) is 1. The lowest BCUT2D eigenvalue weighted by atomic mass is 10.0. The lowest BCUT2D eigenvalue weighted by Gasteiger charge is -2.08. The number of nitrogens with zero attached hydrogens (tertiary/aromatic N) is 1. The molecule has 0 atom stereocenters. The second-order valence-electron chi connectivity index (χ2n) is 7.42. The Labute approximate surface area is 185 Å². The van der Waals surface area contributed by atoms with Gasteiger partial charge in [0.15, 0.2) is 22.4 Å². The third kappa shape index (κ3) is 4.77. The van der Waals surface area contributed by atoms with Crippen LogP contribution in [0.5, 0.6) is 11.5 Å². The molecule has 1 N–H and O–H groups in total. The van der Waals surface area contributed by atoms with E-state index in [1.807, 2.05) is 41.8 Å². The van der Waals surface area contributed by atoms with Crippen LogP contribution in [-0.4, -0.2) is 30.9 Å². The molecule has 0 spiro atoms. The number of aromatic nitrogens is 1. The number of anilines is 1. The topological polar surface area (TPSA) is 77.5 Å². The van der Waals surface area contributed by atoms with Crippen molar-refractivity contribution in [3.63, 3.8) is 0 Å². The van der Waals surface area contributed by atoms with Gasteiger partial charge in [0, 0.05) is 29.3 Å². The van der Waals surface area contributed by atoms with Crippen LogP contribution in [0.15, 0.2) is 41.8 Å². The number of rotatable bonds is 8. The number of fused-ring (bicyclic) bond motifs is 1.